The van der Waals surface area contributed by atoms with E-state index < -0.39 is 4.92 Å². The number of nitro groups is 1. The van der Waals surface area contributed by atoms with Crippen LogP contribution in [0.15, 0.2) is 36.7 Å². The van der Waals surface area contributed by atoms with Crippen LogP contribution in [0.1, 0.15) is 5.56 Å². The number of aromatic nitrogens is 2. The molecule has 0 atom stereocenters. The highest BCUT2D eigenvalue weighted by molar-refractivity contribution is 6.30. The fraction of sp³-hybridized carbons (Fsp3) is 0.250. The smallest absolute Gasteiger partial charge is 0.283 e. The van der Waals surface area contributed by atoms with Gasteiger partial charge in [-0.25, -0.2) is 0 Å². The molecule has 2 aromatic rings. The van der Waals surface area contributed by atoms with Crippen LogP contribution in [0.2, 0.25) is 5.02 Å². The van der Waals surface area contributed by atoms with Crippen molar-refractivity contribution >= 4 is 17.3 Å². The molecule has 0 amide bonds. The molecule has 1 aromatic carbocycles. The first kappa shape index (κ1) is 13.5. The van der Waals surface area contributed by atoms with Crippen LogP contribution in [0.3, 0.4) is 0 Å². The first-order chi connectivity index (χ1) is 9.04. The van der Waals surface area contributed by atoms with E-state index in [0.717, 1.165) is 5.56 Å². The molecular weight excluding hydrogens is 268 g/mol. The van der Waals surface area contributed by atoms with Crippen molar-refractivity contribution in [2.24, 2.45) is 0 Å². The number of benzene rings is 1. The Labute approximate surface area is 115 Å². The molecule has 0 unspecified atom stereocenters. The predicted octanol–water partition coefficient (Wildman–Crippen LogP) is 2.53. The summed E-state index contributed by atoms with van der Waals surface area (Å²) in [5, 5.41) is 15.2. The van der Waals surface area contributed by atoms with E-state index >= 15 is 0 Å². The summed E-state index contributed by atoms with van der Waals surface area (Å²) < 4.78 is 1.54. The summed E-state index contributed by atoms with van der Waals surface area (Å²) in [6.45, 7) is 1.20. The van der Waals surface area contributed by atoms with Gasteiger partial charge in [0, 0.05) is 11.6 Å². The van der Waals surface area contributed by atoms with Gasteiger partial charge in [0.15, 0.2) is 0 Å². The molecule has 0 radical (unpaired) electrons. The SMILES string of the molecule is CN(Cc1ccc(Cl)cc1)Cn1cc([N+](=O)[O-])cn1. The van der Waals surface area contributed by atoms with Gasteiger partial charge in [0.25, 0.3) is 0 Å². The molecule has 6 nitrogen and oxygen atoms in total. The van der Waals surface area contributed by atoms with Crippen LogP contribution in [0.4, 0.5) is 5.69 Å². The van der Waals surface area contributed by atoms with Gasteiger partial charge in [-0.15, -0.1) is 0 Å². The highest BCUT2D eigenvalue weighted by Gasteiger charge is 2.09. The van der Waals surface area contributed by atoms with Gasteiger partial charge in [0.05, 0.1) is 11.6 Å². The zero-order valence-electron chi connectivity index (χ0n) is 10.4. The van der Waals surface area contributed by atoms with Gasteiger partial charge in [0.2, 0.25) is 0 Å². The average molecular weight is 281 g/mol. The van der Waals surface area contributed by atoms with Crippen molar-refractivity contribution in [2.75, 3.05) is 7.05 Å². The average Bonchev–Trinajstić information content (AvgIpc) is 2.80. The van der Waals surface area contributed by atoms with Gasteiger partial charge in [-0.1, -0.05) is 23.7 Å². The minimum atomic E-state index is -0.456. The van der Waals surface area contributed by atoms with E-state index in [1.54, 1.807) is 0 Å². The van der Waals surface area contributed by atoms with Crippen molar-refractivity contribution in [3.05, 3.63) is 57.4 Å². The number of halogens is 1. The van der Waals surface area contributed by atoms with Crippen molar-refractivity contribution in [3.63, 3.8) is 0 Å². The summed E-state index contributed by atoms with van der Waals surface area (Å²) in [4.78, 5) is 12.1. The topological polar surface area (TPSA) is 64.2 Å². The molecule has 0 saturated carbocycles. The van der Waals surface area contributed by atoms with Gasteiger partial charge in [-0.2, -0.15) is 5.10 Å². The van der Waals surface area contributed by atoms with E-state index in [1.165, 1.54) is 17.1 Å². The molecule has 0 bridgehead atoms. The zero-order chi connectivity index (χ0) is 13.8. The van der Waals surface area contributed by atoms with E-state index in [2.05, 4.69) is 5.10 Å². The van der Waals surface area contributed by atoms with Crippen molar-refractivity contribution < 1.29 is 4.92 Å². The third-order valence-corrected chi connectivity index (χ3v) is 2.83. The summed E-state index contributed by atoms with van der Waals surface area (Å²) in [6, 6.07) is 7.57. The molecule has 19 heavy (non-hydrogen) atoms. The number of hydrogen-bond donors (Lipinski definition) is 0. The fourth-order valence-electron chi connectivity index (χ4n) is 1.72. The van der Waals surface area contributed by atoms with Gasteiger partial charge in [0.1, 0.15) is 12.4 Å². The van der Waals surface area contributed by atoms with Crippen LogP contribution in [-0.2, 0) is 13.2 Å². The number of hydrogen-bond acceptors (Lipinski definition) is 4. The molecule has 0 aliphatic heterocycles. The van der Waals surface area contributed by atoms with Crippen LogP contribution in [0, 0.1) is 10.1 Å². The van der Waals surface area contributed by atoms with Crippen molar-refractivity contribution in [1.82, 2.24) is 14.7 Å². The lowest BCUT2D eigenvalue weighted by Gasteiger charge is -2.16. The van der Waals surface area contributed by atoms with Gasteiger partial charge in [-0.3, -0.25) is 19.7 Å². The summed E-state index contributed by atoms with van der Waals surface area (Å²) in [5.41, 5.74) is 1.12. The minimum Gasteiger partial charge on any atom is -0.283 e. The van der Waals surface area contributed by atoms with Crippen molar-refractivity contribution in [3.8, 4) is 0 Å². The summed E-state index contributed by atoms with van der Waals surface area (Å²) >= 11 is 5.82. The molecule has 0 fully saturated rings. The van der Waals surface area contributed by atoms with E-state index in [-0.39, 0.29) is 5.69 Å². The molecule has 1 aromatic heterocycles. The lowest BCUT2D eigenvalue weighted by atomic mass is 10.2. The molecule has 1 heterocycles. The maximum Gasteiger partial charge on any atom is 0.307 e. The standard InChI is InChI=1S/C12H13ClN4O2/c1-15(7-10-2-4-11(13)5-3-10)9-16-8-12(6-14-16)17(18)19/h2-6,8H,7,9H2,1H3. The molecule has 0 N–H and O–H groups in total. The summed E-state index contributed by atoms with van der Waals surface area (Å²) in [6.07, 6.45) is 2.66. The molecule has 2 rings (SSSR count). The Morgan fingerprint density at radius 1 is 1.42 bits per heavy atom. The van der Waals surface area contributed by atoms with Crippen LogP contribution >= 0.6 is 11.6 Å². The van der Waals surface area contributed by atoms with E-state index in [0.29, 0.717) is 18.2 Å². The summed E-state index contributed by atoms with van der Waals surface area (Å²) in [5.74, 6) is 0. The molecule has 7 heteroatoms. The predicted molar refractivity (Wildman–Crippen MR) is 71.8 cm³/mol. The largest absolute Gasteiger partial charge is 0.307 e. The minimum absolute atomic E-state index is 0.0000991. The third-order valence-electron chi connectivity index (χ3n) is 2.58. The molecule has 0 saturated heterocycles. The highest BCUT2D eigenvalue weighted by Crippen LogP contribution is 2.12. The molecule has 0 spiro atoms. The number of rotatable bonds is 5. The van der Waals surface area contributed by atoms with E-state index in [1.807, 2.05) is 36.2 Å². The summed E-state index contributed by atoms with van der Waals surface area (Å²) in [7, 11) is 1.92. The van der Waals surface area contributed by atoms with Crippen LogP contribution in [-0.4, -0.2) is 26.7 Å². The Kier molecular flexibility index (Phi) is 4.13. The van der Waals surface area contributed by atoms with Crippen LogP contribution < -0.4 is 0 Å². The lowest BCUT2D eigenvalue weighted by Crippen LogP contribution is -2.21. The second-order valence-electron chi connectivity index (χ2n) is 4.28. The third kappa shape index (κ3) is 3.77. The zero-order valence-corrected chi connectivity index (χ0v) is 11.1. The molecule has 100 valence electrons. The van der Waals surface area contributed by atoms with E-state index in [4.69, 9.17) is 11.6 Å². The van der Waals surface area contributed by atoms with Crippen molar-refractivity contribution in [1.29, 1.82) is 0 Å². The van der Waals surface area contributed by atoms with Gasteiger partial charge < -0.3 is 0 Å². The Balaban J connectivity index is 1.94. The molecule has 0 aliphatic rings. The maximum atomic E-state index is 10.5. The van der Waals surface area contributed by atoms with Crippen LogP contribution in [0.5, 0.6) is 0 Å². The monoisotopic (exact) mass is 280 g/mol. The Morgan fingerprint density at radius 2 is 2.11 bits per heavy atom. The normalized spacial score (nSPS) is 10.9. The second kappa shape index (κ2) is 5.81. The maximum absolute atomic E-state index is 10.5. The first-order valence-corrected chi connectivity index (χ1v) is 6.02. The molecule has 0 aliphatic carbocycles. The first-order valence-electron chi connectivity index (χ1n) is 5.64. The molecular formula is C12H13ClN4O2. The second-order valence-corrected chi connectivity index (χ2v) is 4.71. The van der Waals surface area contributed by atoms with Crippen molar-refractivity contribution in [2.45, 2.75) is 13.2 Å². The van der Waals surface area contributed by atoms with Gasteiger partial charge in [-0.05, 0) is 24.7 Å². The fourth-order valence-corrected chi connectivity index (χ4v) is 1.85. The quantitative estimate of drug-likeness (QED) is 0.624. The Morgan fingerprint density at radius 3 is 2.68 bits per heavy atom. The Bertz CT molecular complexity index is 567. The Hall–Kier alpha value is -1.92. The van der Waals surface area contributed by atoms with Gasteiger partial charge >= 0.3 is 5.69 Å². The van der Waals surface area contributed by atoms with Crippen LogP contribution in [0.25, 0.3) is 0 Å². The van der Waals surface area contributed by atoms with E-state index in [9.17, 15) is 10.1 Å². The number of nitrogens with zero attached hydrogens (tertiary/aromatic N) is 4. The highest BCUT2D eigenvalue weighted by atomic mass is 35.5. The lowest BCUT2D eigenvalue weighted by molar-refractivity contribution is -0.385.